The minimum atomic E-state index is -1.82. The predicted molar refractivity (Wildman–Crippen MR) is 56.0 cm³/mol. The number of aliphatic carboxylic acids is 2. The molecule has 94 valence electrons. The molecule has 0 amide bonds. The van der Waals surface area contributed by atoms with Crippen LogP contribution in [0.4, 0.5) is 10.1 Å². The second-order valence-electron chi connectivity index (χ2n) is 2.58. The molecule has 0 saturated heterocycles. The van der Waals surface area contributed by atoms with E-state index < -0.39 is 17.8 Å². The Morgan fingerprint density at radius 3 is 2.18 bits per heavy atom. The third kappa shape index (κ3) is 4.80. The number of anilines is 1. The van der Waals surface area contributed by atoms with Gasteiger partial charge in [-0.25, -0.2) is 14.0 Å². The van der Waals surface area contributed by atoms with Crippen LogP contribution < -0.4 is 16.0 Å². The van der Waals surface area contributed by atoms with E-state index in [0.29, 0.717) is 5.69 Å². The summed E-state index contributed by atoms with van der Waals surface area (Å²) in [4.78, 5) is 18.2. The number of methoxy groups -OCH3 is 1. The Morgan fingerprint density at radius 2 is 1.88 bits per heavy atom. The summed E-state index contributed by atoms with van der Waals surface area (Å²) < 4.78 is 17.6. The Balaban J connectivity index is 0.000000366. The van der Waals surface area contributed by atoms with E-state index in [4.69, 9.17) is 30.4 Å². The molecule has 1 aromatic rings. The van der Waals surface area contributed by atoms with E-state index >= 15 is 0 Å². The number of hydrazine groups is 1. The molecule has 5 N–H and O–H groups in total. The zero-order valence-corrected chi connectivity index (χ0v) is 8.81. The summed E-state index contributed by atoms with van der Waals surface area (Å²) in [6, 6.07) is 4.48. The van der Waals surface area contributed by atoms with Crippen LogP contribution in [-0.2, 0) is 9.59 Å². The van der Waals surface area contributed by atoms with Crippen LogP contribution in [0, 0.1) is 5.82 Å². The summed E-state index contributed by atoms with van der Waals surface area (Å²) in [7, 11) is 1.39. The van der Waals surface area contributed by atoms with Crippen molar-refractivity contribution in [2.75, 3.05) is 12.5 Å². The van der Waals surface area contributed by atoms with Gasteiger partial charge in [0, 0.05) is 0 Å². The molecule has 0 saturated carbocycles. The summed E-state index contributed by atoms with van der Waals surface area (Å²) in [6.07, 6.45) is 0. The monoisotopic (exact) mass is 246 g/mol. The second kappa shape index (κ2) is 7.01. The molecule has 0 aliphatic heterocycles. The molecule has 7 nitrogen and oxygen atoms in total. The first-order chi connectivity index (χ1) is 7.93. The topological polar surface area (TPSA) is 122 Å². The maximum Gasteiger partial charge on any atom is 0.414 e. The number of para-hydroxylation sites is 1. The maximum absolute atomic E-state index is 12.8. The predicted octanol–water partition coefficient (Wildman–Crippen LogP) is 0.276. The summed E-state index contributed by atoms with van der Waals surface area (Å²) in [5.74, 6) is 1.16. The zero-order valence-electron chi connectivity index (χ0n) is 8.81. The van der Waals surface area contributed by atoms with Crippen LogP contribution in [0.25, 0.3) is 0 Å². The number of carboxylic acid groups (broad SMARTS) is 2. The summed E-state index contributed by atoms with van der Waals surface area (Å²) in [5.41, 5.74) is 2.76. The average molecular weight is 246 g/mol. The number of carboxylic acids is 2. The largest absolute Gasteiger partial charge is 0.492 e. The first kappa shape index (κ1) is 14.7. The number of hydrogen-bond acceptors (Lipinski definition) is 5. The number of halogens is 1. The highest BCUT2D eigenvalue weighted by Crippen LogP contribution is 2.25. The summed E-state index contributed by atoms with van der Waals surface area (Å²) in [6.45, 7) is 0. The molecule has 0 fully saturated rings. The van der Waals surface area contributed by atoms with E-state index in [0.717, 1.165) is 0 Å². The van der Waals surface area contributed by atoms with Gasteiger partial charge in [0.1, 0.15) is 0 Å². The highest BCUT2D eigenvalue weighted by molar-refractivity contribution is 6.27. The van der Waals surface area contributed by atoms with Crippen molar-refractivity contribution >= 4 is 17.6 Å². The SMILES string of the molecule is COc1c(F)cccc1NN.O=C(O)C(=O)O. The van der Waals surface area contributed by atoms with Crippen LogP contribution in [-0.4, -0.2) is 29.3 Å². The molecular weight excluding hydrogens is 235 g/mol. The first-order valence-electron chi connectivity index (χ1n) is 4.19. The van der Waals surface area contributed by atoms with Crippen LogP contribution in [0.3, 0.4) is 0 Å². The first-order valence-corrected chi connectivity index (χ1v) is 4.19. The van der Waals surface area contributed by atoms with Crippen molar-refractivity contribution in [1.29, 1.82) is 0 Å². The highest BCUT2D eigenvalue weighted by Gasteiger charge is 2.05. The van der Waals surface area contributed by atoms with Gasteiger partial charge in [-0.1, -0.05) is 6.07 Å². The normalized spacial score (nSPS) is 8.65. The summed E-state index contributed by atoms with van der Waals surface area (Å²) in [5, 5.41) is 14.8. The highest BCUT2D eigenvalue weighted by atomic mass is 19.1. The van der Waals surface area contributed by atoms with Crippen molar-refractivity contribution in [2.45, 2.75) is 0 Å². The van der Waals surface area contributed by atoms with E-state index in [1.165, 1.54) is 13.2 Å². The van der Waals surface area contributed by atoms with E-state index in [1.807, 2.05) is 0 Å². The smallest absolute Gasteiger partial charge is 0.414 e. The summed E-state index contributed by atoms with van der Waals surface area (Å²) >= 11 is 0. The van der Waals surface area contributed by atoms with Crippen LogP contribution >= 0.6 is 0 Å². The average Bonchev–Trinajstić information content (AvgIpc) is 2.29. The van der Waals surface area contributed by atoms with Crippen molar-refractivity contribution in [3.8, 4) is 5.75 Å². The van der Waals surface area contributed by atoms with Gasteiger partial charge in [0.2, 0.25) is 0 Å². The van der Waals surface area contributed by atoms with Gasteiger partial charge < -0.3 is 20.4 Å². The maximum atomic E-state index is 12.8. The van der Waals surface area contributed by atoms with Crippen LogP contribution in [0.2, 0.25) is 0 Å². The minimum absolute atomic E-state index is 0.134. The zero-order chi connectivity index (χ0) is 13.4. The molecule has 0 heterocycles. The van der Waals surface area contributed by atoms with Gasteiger partial charge in [0.15, 0.2) is 11.6 Å². The molecule has 0 aromatic heterocycles. The Hall–Kier alpha value is -2.35. The fourth-order valence-electron chi connectivity index (χ4n) is 0.830. The lowest BCUT2D eigenvalue weighted by molar-refractivity contribution is -0.159. The molecule has 0 aliphatic carbocycles. The molecule has 0 radical (unpaired) electrons. The molecule has 17 heavy (non-hydrogen) atoms. The molecule has 0 bridgehead atoms. The van der Waals surface area contributed by atoms with Gasteiger partial charge in [-0.3, -0.25) is 5.84 Å². The van der Waals surface area contributed by atoms with E-state index in [1.54, 1.807) is 12.1 Å². The van der Waals surface area contributed by atoms with Crippen molar-refractivity contribution in [3.63, 3.8) is 0 Å². The van der Waals surface area contributed by atoms with Gasteiger partial charge in [-0.05, 0) is 12.1 Å². The molecule has 1 aromatic carbocycles. The number of benzene rings is 1. The molecular formula is C9H11FN2O5. The quantitative estimate of drug-likeness (QED) is 0.335. The molecule has 0 spiro atoms. The number of hydrogen-bond donors (Lipinski definition) is 4. The van der Waals surface area contributed by atoms with Gasteiger partial charge in [-0.2, -0.15) is 0 Å². The van der Waals surface area contributed by atoms with Gasteiger partial charge in [0.05, 0.1) is 12.8 Å². The fourth-order valence-corrected chi connectivity index (χ4v) is 0.830. The third-order valence-corrected chi connectivity index (χ3v) is 1.51. The van der Waals surface area contributed by atoms with E-state index in [2.05, 4.69) is 5.43 Å². The molecule has 0 aliphatic rings. The number of nitrogens with one attached hydrogen (secondary N) is 1. The van der Waals surface area contributed by atoms with Crippen LogP contribution in [0.15, 0.2) is 18.2 Å². The van der Waals surface area contributed by atoms with Crippen molar-refractivity contribution in [3.05, 3.63) is 24.0 Å². The molecule has 0 unspecified atom stereocenters. The van der Waals surface area contributed by atoms with Gasteiger partial charge in [0.25, 0.3) is 0 Å². The molecule has 1 rings (SSSR count). The Morgan fingerprint density at radius 1 is 1.35 bits per heavy atom. The molecule has 0 atom stereocenters. The Labute approximate surface area is 95.6 Å². The van der Waals surface area contributed by atoms with Crippen molar-refractivity contribution in [1.82, 2.24) is 0 Å². The lowest BCUT2D eigenvalue weighted by Gasteiger charge is -2.06. The fraction of sp³-hybridized carbons (Fsp3) is 0.111. The standard InChI is InChI=1S/C7H9FN2O.C2H2O4/c1-11-7-5(8)3-2-4-6(7)10-9;3-1(4)2(5)6/h2-4,10H,9H2,1H3;(H,3,4)(H,5,6). The van der Waals surface area contributed by atoms with Crippen LogP contribution in [0.5, 0.6) is 5.75 Å². The Kier molecular flexibility index (Phi) is 6.04. The van der Waals surface area contributed by atoms with E-state index in [-0.39, 0.29) is 5.75 Å². The molecule has 8 heteroatoms. The van der Waals surface area contributed by atoms with Gasteiger partial charge in [-0.15, -0.1) is 0 Å². The second-order valence-corrected chi connectivity index (χ2v) is 2.58. The minimum Gasteiger partial charge on any atom is -0.492 e. The van der Waals surface area contributed by atoms with Crippen molar-refractivity contribution in [2.24, 2.45) is 5.84 Å². The van der Waals surface area contributed by atoms with Crippen molar-refractivity contribution < 1.29 is 28.9 Å². The van der Waals surface area contributed by atoms with Crippen LogP contribution in [0.1, 0.15) is 0 Å². The number of carbonyl (C=O) groups is 2. The Bertz CT molecular complexity index is 398. The number of ether oxygens (including phenoxy) is 1. The van der Waals surface area contributed by atoms with E-state index in [9.17, 15) is 4.39 Å². The number of rotatable bonds is 2. The lowest BCUT2D eigenvalue weighted by Crippen LogP contribution is -2.09. The lowest BCUT2D eigenvalue weighted by atomic mass is 10.3. The van der Waals surface area contributed by atoms with Gasteiger partial charge >= 0.3 is 11.9 Å². The third-order valence-electron chi connectivity index (χ3n) is 1.51. The number of nitrogens with two attached hydrogens (primary N) is 1. The number of nitrogen functional groups attached to an aromatic ring is 1.